The van der Waals surface area contributed by atoms with Crippen molar-refractivity contribution in [1.29, 1.82) is 0 Å². The maximum Gasteiger partial charge on any atom is 0.0690 e. The lowest BCUT2D eigenvalue weighted by Gasteiger charge is -2.67. The summed E-state index contributed by atoms with van der Waals surface area (Å²) in [6.07, 6.45) is 5.33. The highest BCUT2D eigenvalue weighted by molar-refractivity contribution is 5.20. The number of nitrogens with two attached hydrogens (primary N) is 1. The molecule has 3 unspecified atom stereocenters. The van der Waals surface area contributed by atoms with Crippen molar-refractivity contribution < 1.29 is 4.74 Å². The van der Waals surface area contributed by atoms with Gasteiger partial charge in [0.15, 0.2) is 0 Å². The second-order valence-corrected chi connectivity index (χ2v) is 7.81. The molecule has 124 valence electrons. The number of hydrogen-bond donors (Lipinski definition) is 1. The van der Waals surface area contributed by atoms with E-state index in [4.69, 9.17) is 10.5 Å². The Balaban J connectivity index is 2.04. The van der Waals surface area contributed by atoms with Crippen LogP contribution in [-0.2, 0) is 4.74 Å². The van der Waals surface area contributed by atoms with Crippen molar-refractivity contribution in [2.75, 3.05) is 26.2 Å². The summed E-state index contributed by atoms with van der Waals surface area (Å²) < 4.78 is 6.03. The van der Waals surface area contributed by atoms with Gasteiger partial charge in [-0.25, -0.2) is 0 Å². The van der Waals surface area contributed by atoms with Crippen LogP contribution in [0.1, 0.15) is 60.3 Å². The lowest BCUT2D eigenvalue weighted by Crippen LogP contribution is -2.80. The Morgan fingerprint density at radius 3 is 2.48 bits per heavy atom. The van der Waals surface area contributed by atoms with Crippen molar-refractivity contribution in [3.05, 3.63) is 0 Å². The summed E-state index contributed by atoms with van der Waals surface area (Å²) in [6, 6.07) is 0. The zero-order valence-electron chi connectivity index (χ0n) is 14.8. The quantitative estimate of drug-likeness (QED) is 0.783. The molecule has 2 rings (SSSR count). The van der Waals surface area contributed by atoms with E-state index in [1.165, 1.54) is 32.2 Å². The van der Waals surface area contributed by atoms with E-state index in [9.17, 15) is 0 Å². The number of hydrogen-bond acceptors (Lipinski definition) is 3. The van der Waals surface area contributed by atoms with Gasteiger partial charge in [0.25, 0.3) is 0 Å². The first-order valence-corrected chi connectivity index (χ1v) is 9.03. The van der Waals surface area contributed by atoms with Gasteiger partial charge < -0.3 is 15.4 Å². The number of likely N-dealkylation sites (N-methyl/N-ethyl adjacent to an activating group) is 1. The van der Waals surface area contributed by atoms with Gasteiger partial charge in [0.05, 0.1) is 6.10 Å². The van der Waals surface area contributed by atoms with Crippen LogP contribution >= 0.6 is 0 Å². The molecule has 2 N–H and O–H groups in total. The van der Waals surface area contributed by atoms with Crippen LogP contribution in [0.25, 0.3) is 0 Å². The SMILES string of the molecule is CCC(CC)CN(CC)CC1(N)C2CCCOC2C1(C)C. The maximum atomic E-state index is 6.95. The summed E-state index contributed by atoms with van der Waals surface area (Å²) in [6.45, 7) is 15.7. The van der Waals surface area contributed by atoms with Crippen LogP contribution < -0.4 is 5.73 Å². The summed E-state index contributed by atoms with van der Waals surface area (Å²) in [7, 11) is 0. The normalized spacial score (nSPS) is 34.9. The predicted octanol–water partition coefficient (Wildman–Crippen LogP) is 3.28. The lowest BCUT2D eigenvalue weighted by atomic mass is 9.46. The third-order valence-electron chi connectivity index (χ3n) is 6.50. The summed E-state index contributed by atoms with van der Waals surface area (Å²) in [5.41, 5.74) is 6.96. The van der Waals surface area contributed by atoms with E-state index in [-0.39, 0.29) is 11.0 Å². The highest BCUT2D eigenvalue weighted by atomic mass is 16.5. The Bertz CT molecular complexity index is 340. The van der Waals surface area contributed by atoms with Crippen LogP contribution in [0, 0.1) is 17.3 Å². The Kier molecular flexibility index (Phi) is 5.38. The summed E-state index contributed by atoms with van der Waals surface area (Å²) in [5.74, 6) is 1.35. The largest absolute Gasteiger partial charge is 0.377 e. The lowest BCUT2D eigenvalue weighted by molar-refractivity contribution is -0.232. The minimum Gasteiger partial charge on any atom is -0.377 e. The first-order valence-electron chi connectivity index (χ1n) is 9.03. The van der Waals surface area contributed by atoms with Gasteiger partial charge in [-0.3, -0.25) is 0 Å². The fraction of sp³-hybridized carbons (Fsp3) is 1.00. The molecule has 3 nitrogen and oxygen atoms in total. The summed E-state index contributed by atoms with van der Waals surface area (Å²) >= 11 is 0. The molecule has 0 aromatic rings. The van der Waals surface area contributed by atoms with E-state index < -0.39 is 0 Å². The second kappa shape index (κ2) is 6.55. The van der Waals surface area contributed by atoms with Gasteiger partial charge in [0.2, 0.25) is 0 Å². The Morgan fingerprint density at radius 2 is 1.90 bits per heavy atom. The minimum atomic E-state index is -0.0832. The van der Waals surface area contributed by atoms with Crippen LogP contribution in [-0.4, -0.2) is 42.8 Å². The van der Waals surface area contributed by atoms with Crippen molar-refractivity contribution in [3.63, 3.8) is 0 Å². The van der Waals surface area contributed by atoms with E-state index >= 15 is 0 Å². The second-order valence-electron chi connectivity index (χ2n) is 7.81. The molecule has 1 aliphatic heterocycles. The molecule has 0 spiro atoms. The van der Waals surface area contributed by atoms with Gasteiger partial charge >= 0.3 is 0 Å². The third kappa shape index (κ3) is 2.89. The fourth-order valence-electron chi connectivity index (χ4n) is 4.58. The van der Waals surface area contributed by atoms with Crippen LogP contribution in [0.4, 0.5) is 0 Å². The van der Waals surface area contributed by atoms with Gasteiger partial charge in [-0.1, -0.05) is 47.5 Å². The number of nitrogens with zero attached hydrogens (tertiary/aromatic N) is 1. The van der Waals surface area contributed by atoms with Crippen LogP contribution in [0.3, 0.4) is 0 Å². The van der Waals surface area contributed by atoms with E-state index in [1.807, 2.05) is 0 Å². The zero-order valence-corrected chi connectivity index (χ0v) is 14.8. The molecule has 0 aromatic carbocycles. The van der Waals surface area contributed by atoms with Crippen molar-refractivity contribution in [1.82, 2.24) is 4.90 Å². The van der Waals surface area contributed by atoms with Gasteiger partial charge in [0.1, 0.15) is 0 Å². The molecule has 0 radical (unpaired) electrons. The van der Waals surface area contributed by atoms with Crippen LogP contribution in [0.2, 0.25) is 0 Å². The highest BCUT2D eigenvalue weighted by Gasteiger charge is 2.66. The Labute approximate surface area is 131 Å². The molecule has 3 atom stereocenters. The van der Waals surface area contributed by atoms with E-state index in [1.54, 1.807) is 0 Å². The van der Waals surface area contributed by atoms with E-state index in [0.717, 1.165) is 25.6 Å². The zero-order chi connectivity index (χ0) is 15.7. The molecule has 3 heteroatoms. The molecule has 2 fully saturated rings. The third-order valence-corrected chi connectivity index (χ3v) is 6.50. The molecule has 1 saturated carbocycles. The summed E-state index contributed by atoms with van der Waals surface area (Å²) in [5, 5.41) is 0. The Hall–Kier alpha value is -0.120. The van der Waals surface area contributed by atoms with Crippen molar-refractivity contribution in [2.45, 2.75) is 71.9 Å². The van der Waals surface area contributed by atoms with Gasteiger partial charge in [0, 0.05) is 36.6 Å². The average molecular weight is 296 g/mol. The minimum absolute atomic E-state index is 0.0832. The number of fused-ring (bicyclic) bond motifs is 1. The molecule has 2 aliphatic rings. The fourth-order valence-corrected chi connectivity index (χ4v) is 4.58. The van der Waals surface area contributed by atoms with Crippen molar-refractivity contribution in [2.24, 2.45) is 23.0 Å². The maximum absolute atomic E-state index is 6.95. The average Bonchev–Trinajstić information content (AvgIpc) is 2.51. The summed E-state index contributed by atoms with van der Waals surface area (Å²) in [4.78, 5) is 2.59. The van der Waals surface area contributed by atoms with Gasteiger partial charge in [-0.15, -0.1) is 0 Å². The molecular formula is C18H36N2O. The van der Waals surface area contributed by atoms with E-state index in [2.05, 4.69) is 39.5 Å². The molecular weight excluding hydrogens is 260 g/mol. The molecule has 0 bridgehead atoms. The predicted molar refractivity (Wildman–Crippen MR) is 89.3 cm³/mol. The van der Waals surface area contributed by atoms with Gasteiger partial charge in [-0.2, -0.15) is 0 Å². The molecule has 0 amide bonds. The standard InChI is InChI=1S/C18H36N2O/c1-6-14(7-2)12-20(8-3)13-18(19)15-10-9-11-21-16(15)17(18,4)5/h14-16H,6-13,19H2,1-5H3. The topological polar surface area (TPSA) is 38.5 Å². The van der Waals surface area contributed by atoms with Gasteiger partial charge in [-0.05, 0) is 25.3 Å². The highest BCUT2D eigenvalue weighted by Crippen LogP contribution is 2.57. The van der Waals surface area contributed by atoms with Crippen molar-refractivity contribution in [3.8, 4) is 0 Å². The smallest absolute Gasteiger partial charge is 0.0690 e. The molecule has 0 aromatic heterocycles. The molecule has 1 heterocycles. The van der Waals surface area contributed by atoms with Crippen LogP contribution in [0.5, 0.6) is 0 Å². The number of rotatable bonds is 7. The van der Waals surface area contributed by atoms with E-state index in [0.29, 0.717) is 12.0 Å². The van der Waals surface area contributed by atoms with Crippen LogP contribution in [0.15, 0.2) is 0 Å². The number of ether oxygens (including phenoxy) is 1. The first-order chi connectivity index (χ1) is 9.90. The van der Waals surface area contributed by atoms with Crippen molar-refractivity contribution >= 4 is 0 Å². The molecule has 1 saturated heterocycles. The molecule has 21 heavy (non-hydrogen) atoms. The Morgan fingerprint density at radius 1 is 1.24 bits per heavy atom. The first kappa shape index (κ1) is 17.2. The molecule has 1 aliphatic carbocycles. The monoisotopic (exact) mass is 296 g/mol.